The fraction of sp³-hybridized carbons (Fsp3) is 0.409. The Morgan fingerprint density at radius 1 is 1.09 bits per heavy atom. The largest absolute Gasteiger partial charge is 0.465 e. The van der Waals surface area contributed by atoms with E-state index in [1.165, 1.54) is 0 Å². The van der Waals surface area contributed by atoms with Crippen molar-refractivity contribution in [2.75, 3.05) is 19.0 Å². The third kappa shape index (κ3) is 7.03. The van der Waals surface area contributed by atoms with Gasteiger partial charge in [0, 0.05) is 24.0 Å². The zero-order valence-electron chi connectivity index (χ0n) is 18.9. The molecule has 0 aliphatic heterocycles. The maximum atomic E-state index is 14.6. The topological polar surface area (TPSA) is 89.5 Å². The Bertz CT molecular complexity index is 1050. The first-order valence-corrected chi connectivity index (χ1v) is 10.1. The van der Waals surface area contributed by atoms with E-state index in [9.17, 15) is 31.5 Å². The van der Waals surface area contributed by atoms with Crippen molar-refractivity contribution < 1.29 is 41.0 Å². The molecule has 2 N–H and O–H groups in total. The summed E-state index contributed by atoms with van der Waals surface area (Å²) in [4.78, 5) is 27.1. The Hall–Kier alpha value is -3.44. The molecule has 2 rings (SSSR count). The Labute approximate surface area is 192 Å². The second kappa shape index (κ2) is 10.7. The van der Waals surface area contributed by atoms with Gasteiger partial charge in [-0.1, -0.05) is 0 Å². The Morgan fingerprint density at radius 3 is 2.35 bits per heavy atom. The van der Waals surface area contributed by atoms with E-state index in [-0.39, 0.29) is 30.6 Å². The number of anilines is 2. The number of rotatable bonds is 7. The minimum atomic E-state index is -4.96. The molecule has 2 aromatic rings. The lowest BCUT2D eigenvalue weighted by molar-refractivity contribution is -0.140. The molecule has 186 valence electrons. The summed E-state index contributed by atoms with van der Waals surface area (Å²) in [5.41, 5.74) is -3.91. The van der Waals surface area contributed by atoms with Crippen LogP contribution in [0.15, 0.2) is 24.4 Å². The molecule has 0 fully saturated rings. The van der Waals surface area contributed by atoms with Gasteiger partial charge in [-0.2, -0.15) is 13.2 Å². The Morgan fingerprint density at radius 2 is 1.76 bits per heavy atom. The molecule has 0 spiro atoms. The van der Waals surface area contributed by atoms with Gasteiger partial charge in [0.15, 0.2) is 17.3 Å². The van der Waals surface area contributed by atoms with Crippen LogP contribution in [-0.4, -0.2) is 36.3 Å². The fourth-order valence-corrected chi connectivity index (χ4v) is 2.94. The minimum Gasteiger partial charge on any atom is -0.465 e. The van der Waals surface area contributed by atoms with Crippen LogP contribution in [0, 0.1) is 11.6 Å². The first-order chi connectivity index (χ1) is 15.7. The molecule has 0 radical (unpaired) electrons. The predicted molar refractivity (Wildman–Crippen MR) is 113 cm³/mol. The van der Waals surface area contributed by atoms with E-state index in [1.807, 2.05) is 0 Å². The summed E-state index contributed by atoms with van der Waals surface area (Å²) in [7, 11) is 0.987. The van der Waals surface area contributed by atoms with Crippen molar-refractivity contribution in [3.63, 3.8) is 0 Å². The molecule has 0 saturated heterocycles. The number of esters is 1. The van der Waals surface area contributed by atoms with Crippen molar-refractivity contribution in [3.8, 4) is 0 Å². The van der Waals surface area contributed by atoms with Crippen LogP contribution < -0.4 is 10.6 Å². The van der Waals surface area contributed by atoms with Gasteiger partial charge in [-0.15, -0.1) is 0 Å². The lowest BCUT2D eigenvalue weighted by Crippen LogP contribution is -2.33. The number of hydrogen-bond acceptors (Lipinski definition) is 6. The van der Waals surface area contributed by atoms with Crippen LogP contribution in [0.25, 0.3) is 0 Å². The van der Waals surface area contributed by atoms with Crippen LogP contribution in [0.2, 0.25) is 0 Å². The summed E-state index contributed by atoms with van der Waals surface area (Å²) in [5.74, 6) is -3.57. The number of halogens is 5. The monoisotopic (exact) mass is 489 g/mol. The average molecular weight is 489 g/mol. The fourth-order valence-electron chi connectivity index (χ4n) is 2.94. The highest BCUT2D eigenvalue weighted by molar-refractivity contribution is 5.97. The molecule has 0 saturated carbocycles. The number of alkyl carbamates (subject to hydrolysis) is 1. The molecule has 1 aromatic heterocycles. The average Bonchev–Trinajstić information content (AvgIpc) is 2.73. The van der Waals surface area contributed by atoms with E-state index in [4.69, 9.17) is 4.74 Å². The summed E-state index contributed by atoms with van der Waals surface area (Å²) >= 11 is 0. The van der Waals surface area contributed by atoms with E-state index in [1.54, 1.807) is 20.8 Å². The highest BCUT2D eigenvalue weighted by Gasteiger charge is 2.38. The van der Waals surface area contributed by atoms with E-state index in [2.05, 4.69) is 20.4 Å². The molecule has 0 bridgehead atoms. The van der Waals surface area contributed by atoms with Gasteiger partial charge in [0.05, 0.1) is 18.4 Å². The van der Waals surface area contributed by atoms with Crippen molar-refractivity contribution in [1.82, 2.24) is 10.3 Å². The molecule has 1 aromatic carbocycles. The second-order valence-corrected chi connectivity index (χ2v) is 8.12. The standard InChI is InChI=1S/C22H24F5N3O4/c1-21(2,3)34-20(32)29-10-5-6-12-15(8-7-14(23)16(12)24)30-17-13(19(31)33-4)9-11-28-18(17)22(25,26)27/h7-9,11,30H,5-6,10H2,1-4H3,(H,29,32). The highest BCUT2D eigenvalue weighted by atomic mass is 19.4. The van der Waals surface area contributed by atoms with Crippen LogP contribution >= 0.6 is 0 Å². The number of carbonyl (C=O) groups excluding carboxylic acids is 2. The van der Waals surface area contributed by atoms with Gasteiger partial charge in [0.1, 0.15) is 5.60 Å². The molecule has 0 aliphatic carbocycles. The predicted octanol–water partition coefficient (Wildman–Crippen LogP) is 5.37. The molecule has 1 amide bonds. The van der Waals surface area contributed by atoms with E-state index in [0.717, 1.165) is 31.5 Å². The number of methoxy groups -OCH3 is 1. The second-order valence-electron chi connectivity index (χ2n) is 8.12. The molecule has 1 heterocycles. The first-order valence-electron chi connectivity index (χ1n) is 10.1. The lowest BCUT2D eigenvalue weighted by Gasteiger charge is -2.20. The smallest absolute Gasteiger partial charge is 0.435 e. The quantitative estimate of drug-likeness (QED) is 0.309. The highest BCUT2D eigenvalue weighted by Crippen LogP contribution is 2.38. The lowest BCUT2D eigenvalue weighted by atomic mass is 10.0. The number of benzene rings is 1. The number of amides is 1. The molecule has 7 nitrogen and oxygen atoms in total. The normalized spacial score (nSPS) is 11.7. The molecule has 12 heteroatoms. The number of aromatic nitrogens is 1. The minimum absolute atomic E-state index is 0.0262. The van der Waals surface area contributed by atoms with Gasteiger partial charge in [0.2, 0.25) is 0 Å². The van der Waals surface area contributed by atoms with Crippen molar-refractivity contribution in [2.24, 2.45) is 0 Å². The van der Waals surface area contributed by atoms with Crippen molar-refractivity contribution >= 4 is 23.4 Å². The van der Waals surface area contributed by atoms with E-state index in [0.29, 0.717) is 0 Å². The van der Waals surface area contributed by atoms with Crippen LogP contribution in [0.5, 0.6) is 0 Å². The van der Waals surface area contributed by atoms with Gasteiger partial charge >= 0.3 is 18.2 Å². The van der Waals surface area contributed by atoms with Gasteiger partial charge in [-0.05, 0) is 51.8 Å². The number of alkyl halides is 3. The molecule has 0 aliphatic rings. The summed E-state index contributed by atoms with van der Waals surface area (Å²) < 4.78 is 78.7. The Balaban J connectivity index is 2.34. The van der Waals surface area contributed by atoms with Gasteiger partial charge in [0.25, 0.3) is 0 Å². The third-order valence-electron chi connectivity index (χ3n) is 4.35. The molecule has 0 atom stereocenters. The van der Waals surface area contributed by atoms with E-state index < -0.39 is 52.4 Å². The van der Waals surface area contributed by atoms with Gasteiger partial charge < -0.3 is 20.1 Å². The molecular weight excluding hydrogens is 465 g/mol. The SMILES string of the molecule is COC(=O)c1ccnc(C(F)(F)F)c1Nc1ccc(F)c(F)c1CCCNC(=O)OC(C)(C)C. The number of nitrogens with zero attached hydrogens (tertiary/aromatic N) is 1. The maximum Gasteiger partial charge on any atom is 0.435 e. The summed E-state index contributed by atoms with van der Waals surface area (Å²) in [6.07, 6.45) is -4.93. The first kappa shape index (κ1) is 26.8. The number of nitrogens with one attached hydrogen (secondary N) is 2. The van der Waals surface area contributed by atoms with Crippen LogP contribution in [0.1, 0.15) is 48.8 Å². The number of hydrogen-bond donors (Lipinski definition) is 2. The zero-order valence-corrected chi connectivity index (χ0v) is 18.9. The van der Waals surface area contributed by atoms with E-state index >= 15 is 0 Å². The van der Waals surface area contributed by atoms with Crippen molar-refractivity contribution in [1.29, 1.82) is 0 Å². The maximum absolute atomic E-state index is 14.6. The summed E-state index contributed by atoms with van der Waals surface area (Å²) in [5, 5.41) is 4.83. The molecule has 0 unspecified atom stereocenters. The van der Waals surface area contributed by atoms with Gasteiger partial charge in [-0.3, -0.25) is 0 Å². The van der Waals surface area contributed by atoms with Crippen LogP contribution in [-0.2, 0) is 22.1 Å². The third-order valence-corrected chi connectivity index (χ3v) is 4.35. The number of carbonyl (C=O) groups is 2. The molecule has 34 heavy (non-hydrogen) atoms. The van der Waals surface area contributed by atoms with Gasteiger partial charge in [-0.25, -0.2) is 23.4 Å². The Kier molecular flexibility index (Phi) is 8.41. The number of pyridine rings is 1. The summed E-state index contributed by atoms with van der Waals surface area (Å²) in [6, 6.07) is 2.79. The summed E-state index contributed by atoms with van der Waals surface area (Å²) in [6.45, 7) is 5.03. The zero-order chi connectivity index (χ0) is 25.7. The number of ether oxygens (including phenoxy) is 2. The van der Waals surface area contributed by atoms with Crippen LogP contribution in [0.3, 0.4) is 0 Å². The molecular formula is C22H24F5N3O4. The van der Waals surface area contributed by atoms with Crippen molar-refractivity contribution in [3.05, 3.63) is 52.9 Å². The van der Waals surface area contributed by atoms with Crippen LogP contribution in [0.4, 0.5) is 38.1 Å². The van der Waals surface area contributed by atoms with Crippen molar-refractivity contribution in [2.45, 2.75) is 45.4 Å².